The first kappa shape index (κ1) is 11.6. The van der Waals surface area contributed by atoms with Crippen LogP contribution in [-0.2, 0) is 0 Å². The van der Waals surface area contributed by atoms with Gasteiger partial charge in [-0.25, -0.2) is 9.78 Å². The summed E-state index contributed by atoms with van der Waals surface area (Å²) in [4.78, 5) is 18.2. The largest absolute Gasteiger partial charge is 0.389 e. The van der Waals surface area contributed by atoms with Crippen molar-refractivity contribution in [1.82, 2.24) is 14.3 Å². The van der Waals surface area contributed by atoms with Gasteiger partial charge >= 0.3 is 6.03 Å². The summed E-state index contributed by atoms with van der Waals surface area (Å²) < 4.78 is 4.27. The molecule has 2 heterocycles. The van der Waals surface area contributed by atoms with Crippen LogP contribution in [0.1, 0.15) is 37.4 Å². The zero-order valence-corrected chi connectivity index (χ0v) is 11.3. The number of nitrogens with zero attached hydrogens (tertiary/aromatic N) is 3. The third-order valence-corrected chi connectivity index (χ3v) is 4.99. The van der Waals surface area contributed by atoms with E-state index in [0.717, 1.165) is 25.1 Å². The summed E-state index contributed by atoms with van der Waals surface area (Å²) >= 11 is 1.25. The first-order valence-corrected chi connectivity index (χ1v) is 7.53. The molecule has 2 N–H and O–H groups in total. The number of fused-ring (bicyclic) bond motifs is 1. The molecular formula is C12H16N4O2S. The van der Waals surface area contributed by atoms with Crippen LogP contribution >= 0.6 is 11.5 Å². The van der Waals surface area contributed by atoms with Gasteiger partial charge in [0.2, 0.25) is 5.13 Å². The lowest BCUT2D eigenvalue weighted by Gasteiger charge is -2.28. The lowest BCUT2D eigenvalue weighted by molar-refractivity contribution is 0.0774. The molecule has 6 nitrogen and oxygen atoms in total. The fourth-order valence-electron chi connectivity index (χ4n) is 2.74. The maximum atomic E-state index is 12.1. The van der Waals surface area contributed by atoms with Crippen molar-refractivity contribution in [3.63, 3.8) is 0 Å². The van der Waals surface area contributed by atoms with E-state index < -0.39 is 5.60 Å². The van der Waals surface area contributed by atoms with Gasteiger partial charge in [0.1, 0.15) is 5.82 Å². The first-order chi connectivity index (χ1) is 9.14. The summed E-state index contributed by atoms with van der Waals surface area (Å²) in [6.45, 7) is 1.27. The van der Waals surface area contributed by atoms with Crippen LogP contribution in [0.25, 0.3) is 0 Å². The van der Waals surface area contributed by atoms with Gasteiger partial charge in [-0.1, -0.05) is 0 Å². The standard InChI is InChI=1S/C12H16N4O2S/c17-11(16-4-3-12(18)5-8(12)6-16)14-10-13-9(15-19-10)7-1-2-7/h7-8,18H,1-6H2,(H,13,14,15,17)/t8-,12+/m0/s1. The summed E-state index contributed by atoms with van der Waals surface area (Å²) in [5.41, 5.74) is -0.474. The summed E-state index contributed by atoms with van der Waals surface area (Å²) in [7, 11) is 0. The Morgan fingerprint density at radius 3 is 3.11 bits per heavy atom. The molecule has 0 radical (unpaired) electrons. The normalized spacial score (nSPS) is 32.9. The average molecular weight is 280 g/mol. The van der Waals surface area contributed by atoms with Gasteiger partial charge in [-0.05, 0) is 25.7 Å². The number of carbonyl (C=O) groups is 1. The summed E-state index contributed by atoms with van der Waals surface area (Å²) in [6.07, 6.45) is 3.85. The number of hydrogen-bond donors (Lipinski definition) is 2. The van der Waals surface area contributed by atoms with Crippen molar-refractivity contribution in [2.45, 2.75) is 37.2 Å². The van der Waals surface area contributed by atoms with E-state index in [-0.39, 0.29) is 11.9 Å². The molecule has 2 atom stereocenters. The van der Waals surface area contributed by atoms with Crippen LogP contribution in [0, 0.1) is 5.92 Å². The molecule has 0 aromatic carbocycles. The molecule has 1 aliphatic heterocycles. The van der Waals surface area contributed by atoms with Crippen molar-refractivity contribution in [1.29, 1.82) is 0 Å². The van der Waals surface area contributed by atoms with E-state index in [1.807, 2.05) is 0 Å². The van der Waals surface area contributed by atoms with Crippen LogP contribution in [0.3, 0.4) is 0 Å². The van der Waals surface area contributed by atoms with E-state index in [1.54, 1.807) is 4.90 Å². The highest BCUT2D eigenvalue weighted by atomic mass is 32.1. The topological polar surface area (TPSA) is 78.4 Å². The highest BCUT2D eigenvalue weighted by Gasteiger charge is 2.56. The molecule has 4 rings (SSSR count). The maximum Gasteiger partial charge on any atom is 0.323 e. The van der Waals surface area contributed by atoms with Crippen molar-refractivity contribution >= 4 is 22.7 Å². The fraction of sp³-hybridized carbons (Fsp3) is 0.750. The summed E-state index contributed by atoms with van der Waals surface area (Å²) in [5.74, 6) is 1.65. The molecule has 1 saturated heterocycles. The van der Waals surface area contributed by atoms with Gasteiger partial charge in [-0.3, -0.25) is 5.32 Å². The van der Waals surface area contributed by atoms with E-state index in [0.29, 0.717) is 30.6 Å². The molecule has 1 aromatic rings. The Kier molecular flexibility index (Phi) is 2.38. The fourth-order valence-corrected chi connectivity index (χ4v) is 3.38. The smallest absolute Gasteiger partial charge is 0.323 e. The number of anilines is 1. The van der Waals surface area contributed by atoms with Gasteiger partial charge in [0.15, 0.2) is 0 Å². The van der Waals surface area contributed by atoms with Gasteiger partial charge in [-0.2, -0.15) is 4.37 Å². The van der Waals surface area contributed by atoms with E-state index in [4.69, 9.17) is 0 Å². The van der Waals surface area contributed by atoms with Crippen LogP contribution in [0.15, 0.2) is 0 Å². The molecule has 3 fully saturated rings. The quantitative estimate of drug-likeness (QED) is 0.858. The third-order valence-electron chi connectivity index (χ3n) is 4.34. The number of amides is 2. The van der Waals surface area contributed by atoms with E-state index in [9.17, 15) is 9.90 Å². The maximum absolute atomic E-state index is 12.1. The number of piperidine rings is 1. The Hall–Kier alpha value is -1.21. The lowest BCUT2D eigenvalue weighted by atomic mass is 10.1. The highest BCUT2D eigenvalue weighted by molar-refractivity contribution is 7.09. The second-order valence-corrected chi connectivity index (χ2v) is 6.61. The zero-order valence-electron chi connectivity index (χ0n) is 10.5. The van der Waals surface area contributed by atoms with Crippen molar-refractivity contribution < 1.29 is 9.90 Å². The number of aromatic nitrogens is 2. The van der Waals surface area contributed by atoms with Crippen molar-refractivity contribution in [3.8, 4) is 0 Å². The van der Waals surface area contributed by atoms with Crippen LogP contribution in [0.2, 0.25) is 0 Å². The molecule has 2 aliphatic carbocycles. The number of carbonyl (C=O) groups excluding carboxylic acids is 1. The second-order valence-electron chi connectivity index (χ2n) is 5.86. The molecule has 19 heavy (non-hydrogen) atoms. The Labute approximate surface area is 115 Å². The Balaban J connectivity index is 1.37. The van der Waals surface area contributed by atoms with E-state index in [2.05, 4.69) is 14.7 Å². The number of rotatable bonds is 2. The SMILES string of the molecule is O=C(Nc1nc(C2CC2)ns1)N1CC[C@@]2(O)C[C@H]2C1. The summed E-state index contributed by atoms with van der Waals surface area (Å²) in [5, 5.41) is 13.3. The van der Waals surface area contributed by atoms with Crippen molar-refractivity contribution in [2.75, 3.05) is 18.4 Å². The molecule has 2 amide bonds. The minimum Gasteiger partial charge on any atom is -0.389 e. The molecule has 0 bridgehead atoms. The first-order valence-electron chi connectivity index (χ1n) is 6.76. The van der Waals surface area contributed by atoms with Crippen LogP contribution < -0.4 is 5.32 Å². The third kappa shape index (κ3) is 2.10. The highest BCUT2D eigenvalue weighted by Crippen LogP contribution is 2.49. The number of likely N-dealkylation sites (tertiary alicyclic amines) is 1. The van der Waals surface area contributed by atoms with E-state index >= 15 is 0 Å². The van der Waals surface area contributed by atoms with Crippen LogP contribution in [-0.4, -0.2) is 44.1 Å². The van der Waals surface area contributed by atoms with Gasteiger partial charge in [0.25, 0.3) is 0 Å². The molecule has 3 aliphatic rings. The molecule has 0 unspecified atom stereocenters. The molecule has 2 saturated carbocycles. The van der Waals surface area contributed by atoms with Crippen LogP contribution in [0.5, 0.6) is 0 Å². The van der Waals surface area contributed by atoms with Crippen molar-refractivity contribution in [3.05, 3.63) is 5.82 Å². The minimum atomic E-state index is -0.474. The number of aliphatic hydroxyl groups is 1. The molecule has 0 spiro atoms. The van der Waals surface area contributed by atoms with Gasteiger partial charge < -0.3 is 10.0 Å². The second kappa shape index (κ2) is 3.89. The molecular weight excluding hydrogens is 264 g/mol. The summed E-state index contributed by atoms with van der Waals surface area (Å²) in [6, 6.07) is -0.118. The monoisotopic (exact) mass is 280 g/mol. The number of hydrogen-bond acceptors (Lipinski definition) is 5. The Morgan fingerprint density at radius 2 is 2.37 bits per heavy atom. The minimum absolute atomic E-state index is 0.118. The predicted molar refractivity (Wildman–Crippen MR) is 70.1 cm³/mol. The van der Waals surface area contributed by atoms with Crippen molar-refractivity contribution in [2.24, 2.45) is 5.92 Å². The molecule has 1 aromatic heterocycles. The Morgan fingerprint density at radius 1 is 1.53 bits per heavy atom. The molecule has 7 heteroatoms. The average Bonchev–Trinajstić information content (AvgIpc) is 3.28. The van der Waals surface area contributed by atoms with Crippen LogP contribution in [0.4, 0.5) is 9.93 Å². The van der Waals surface area contributed by atoms with Gasteiger partial charge in [-0.15, -0.1) is 0 Å². The number of urea groups is 1. The predicted octanol–water partition coefficient (Wildman–Crippen LogP) is 1.40. The van der Waals surface area contributed by atoms with Gasteiger partial charge in [0, 0.05) is 36.5 Å². The zero-order chi connectivity index (χ0) is 13.0. The molecule has 102 valence electrons. The number of nitrogens with one attached hydrogen (secondary N) is 1. The Bertz CT molecular complexity index is 530. The lowest BCUT2D eigenvalue weighted by Crippen LogP contribution is -2.43. The van der Waals surface area contributed by atoms with Gasteiger partial charge in [0.05, 0.1) is 5.60 Å². The van der Waals surface area contributed by atoms with E-state index in [1.165, 1.54) is 11.5 Å².